The van der Waals surface area contributed by atoms with Crippen molar-refractivity contribution in [3.63, 3.8) is 0 Å². The van der Waals surface area contributed by atoms with E-state index in [-0.39, 0.29) is 0 Å². The minimum atomic E-state index is 0.299. The van der Waals surface area contributed by atoms with E-state index in [1.165, 1.54) is 12.8 Å². The molecule has 0 spiro atoms. The topological polar surface area (TPSA) is 32.8 Å². The van der Waals surface area contributed by atoms with Gasteiger partial charge in [-0.2, -0.15) is 0 Å². The van der Waals surface area contributed by atoms with Crippen LogP contribution in [0.4, 0.5) is 0 Å². The third-order valence-corrected chi connectivity index (χ3v) is 4.18. The molecule has 2 unspecified atom stereocenters. The molecule has 1 amide bonds. The summed E-state index contributed by atoms with van der Waals surface area (Å²) < 4.78 is 5.27. The Labute approximate surface area is 110 Å². The quantitative estimate of drug-likeness (QED) is 0.759. The third kappa shape index (κ3) is 3.45. The van der Waals surface area contributed by atoms with Gasteiger partial charge in [-0.15, -0.1) is 0 Å². The molecule has 0 bridgehead atoms. The molecular formula is C14H26N2O2. The number of carbonyl (C=O) groups excluding carboxylic acids is 1. The average molecular weight is 254 g/mol. The van der Waals surface area contributed by atoms with Crippen molar-refractivity contribution in [3.05, 3.63) is 0 Å². The molecule has 18 heavy (non-hydrogen) atoms. The number of hydrogen-bond acceptors (Lipinski definition) is 3. The summed E-state index contributed by atoms with van der Waals surface area (Å²) in [5.41, 5.74) is 0. The second-order valence-electron chi connectivity index (χ2n) is 5.64. The molecule has 0 radical (unpaired) electrons. The standard InChI is InChI=1S/C14H26N2O2/c1-3-13-10-12(2)11-16(13)5-4-14(17)15-6-8-18-9-7-15/h12-13H,3-11H2,1-2H3. The van der Waals surface area contributed by atoms with Crippen LogP contribution in [0.15, 0.2) is 0 Å². The minimum Gasteiger partial charge on any atom is -0.378 e. The molecule has 0 saturated carbocycles. The van der Waals surface area contributed by atoms with Crippen LogP contribution in [0.25, 0.3) is 0 Å². The molecule has 4 nitrogen and oxygen atoms in total. The Balaban J connectivity index is 1.74. The van der Waals surface area contributed by atoms with E-state index in [1.807, 2.05) is 4.90 Å². The van der Waals surface area contributed by atoms with E-state index in [0.29, 0.717) is 31.6 Å². The van der Waals surface area contributed by atoms with Crippen LogP contribution in [0.1, 0.15) is 33.1 Å². The Morgan fingerprint density at radius 2 is 2.06 bits per heavy atom. The highest BCUT2D eigenvalue weighted by Gasteiger charge is 2.28. The molecule has 2 saturated heterocycles. The lowest BCUT2D eigenvalue weighted by atomic mass is 10.1. The van der Waals surface area contributed by atoms with Crippen LogP contribution in [-0.4, -0.2) is 61.1 Å². The molecule has 0 aromatic carbocycles. The molecule has 0 aromatic rings. The van der Waals surface area contributed by atoms with Crippen LogP contribution in [0.3, 0.4) is 0 Å². The van der Waals surface area contributed by atoms with Crippen molar-refractivity contribution in [3.8, 4) is 0 Å². The Morgan fingerprint density at radius 3 is 2.72 bits per heavy atom. The molecule has 2 fully saturated rings. The highest BCUT2D eigenvalue weighted by atomic mass is 16.5. The van der Waals surface area contributed by atoms with Crippen LogP contribution >= 0.6 is 0 Å². The van der Waals surface area contributed by atoms with Crippen LogP contribution in [-0.2, 0) is 9.53 Å². The maximum Gasteiger partial charge on any atom is 0.224 e. The van der Waals surface area contributed by atoms with Gasteiger partial charge in [0.1, 0.15) is 0 Å². The number of carbonyl (C=O) groups is 1. The highest BCUT2D eigenvalue weighted by Crippen LogP contribution is 2.24. The number of hydrogen-bond donors (Lipinski definition) is 0. The lowest BCUT2D eigenvalue weighted by Gasteiger charge is -2.28. The Bertz CT molecular complexity index is 277. The lowest BCUT2D eigenvalue weighted by Crippen LogP contribution is -2.42. The summed E-state index contributed by atoms with van der Waals surface area (Å²) in [7, 11) is 0. The number of amides is 1. The number of ether oxygens (including phenoxy) is 1. The summed E-state index contributed by atoms with van der Waals surface area (Å²) in [5, 5.41) is 0. The molecule has 104 valence electrons. The molecule has 0 aromatic heterocycles. The van der Waals surface area contributed by atoms with Crippen molar-refractivity contribution in [2.45, 2.75) is 39.2 Å². The second-order valence-corrected chi connectivity index (χ2v) is 5.64. The zero-order valence-electron chi connectivity index (χ0n) is 11.7. The van der Waals surface area contributed by atoms with Gasteiger partial charge in [0.15, 0.2) is 0 Å². The molecule has 2 heterocycles. The first-order chi connectivity index (χ1) is 8.70. The fourth-order valence-electron chi connectivity index (χ4n) is 3.15. The van der Waals surface area contributed by atoms with E-state index in [4.69, 9.17) is 4.74 Å². The van der Waals surface area contributed by atoms with Crippen molar-refractivity contribution in [1.29, 1.82) is 0 Å². The summed E-state index contributed by atoms with van der Waals surface area (Å²) in [6.07, 6.45) is 3.17. The number of likely N-dealkylation sites (tertiary alicyclic amines) is 1. The number of nitrogens with zero attached hydrogens (tertiary/aromatic N) is 2. The van der Waals surface area contributed by atoms with E-state index in [2.05, 4.69) is 18.7 Å². The lowest BCUT2D eigenvalue weighted by molar-refractivity contribution is -0.135. The first kappa shape index (κ1) is 13.8. The first-order valence-corrected chi connectivity index (χ1v) is 7.30. The maximum atomic E-state index is 12.1. The number of rotatable bonds is 4. The van der Waals surface area contributed by atoms with Gasteiger partial charge in [0, 0.05) is 38.6 Å². The van der Waals surface area contributed by atoms with Crippen molar-refractivity contribution in [1.82, 2.24) is 9.80 Å². The van der Waals surface area contributed by atoms with Gasteiger partial charge in [0.2, 0.25) is 5.91 Å². The van der Waals surface area contributed by atoms with Crippen LogP contribution in [0.5, 0.6) is 0 Å². The normalized spacial score (nSPS) is 29.8. The SMILES string of the molecule is CCC1CC(C)CN1CCC(=O)N1CCOCC1. The van der Waals surface area contributed by atoms with Crippen LogP contribution in [0, 0.1) is 5.92 Å². The first-order valence-electron chi connectivity index (χ1n) is 7.30. The van der Waals surface area contributed by atoms with E-state index in [0.717, 1.165) is 32.1 Å². The number of morpholine rings is 1. The summed E-state index contributed by atoms with van der Waals surface area (Å²) >= 11 is 0. The predicted octanol–water partition coefficient (Wildman–Crippen LogP) is 1.36. The van der Waals surface area contributed by atoms with E-state index < -0.39 is 0 Å². The largest absolute Gasteiger partial charge is 0.378 e. The maximum absolute atomic E-state index is 12.1. The summed E-state index contributed by atoms with van der Waals surface area (Å²) in [6, 6.07) is 0.692. The fourth-order valence-corrected chi connectivity index (χ4v) is 3.15. The Morgan fingerprint density at radius 1 is 1.33 bits per heavy atom. The molecule has 2 aliphatic rings. The third-order valence-electron chi connectivity index (χ3n) is 4.18. The zero-order valence-corrected chi connectivity index (χ0v) is 11.7. The molecule has 2 aliphatic heterocycles. The average Bonchev–Trinajstić information content (AvgIpc) is 2.77. The van der Waals surface area contributed by atoms with Crippen molar-refractivity contribution >= 4 is 5.91 Å². The van der Waals surface area contributed by atoms with Gasteiger partial charge < -0.3 is 9.64 Å². The second kappa shape index (κ2) is 6.53. The van der Waals surface area contributed by atoms with Crippen molar-refractivity contribution in [2.75, 3.05) is 39.4 Å². The van der Waals surface area contributed by atoms with Gasteiger partial charge in [-0.05, 0) is 18.8 Å². The van der Waals surface area contributed by atoms with Crippen LogP contribution in [0.2, 0.25) is 0 Å². The molecular weight excluding hydrogens is 228 g/mol. The summed E-state index contributed by atoms with van der Waals surface area (Å²) in [4.78, 5) is 16.5. The highest BCUT2D eigenvalue weighted by molar-refractivity contribution is 5.76. The van der Waals surface area contributed by atoms with Gasteiger partial charge in [-0.3, -0.25) is 9.69 Å². The molecule has 0 N–H and O–H groups in total. The van der Waals surface area contributed by atoms with Gasteiger partial charge in [-0.25, -0.2) is 0 Å². The molecule has 2 rings (SSSR count). The van der Waals surface area contributed by atoms with Gasteiger partial charge >= 0.3 is 0 Å². The minimum absolute atomic E-state index is 0.299. The van der Waals surface area contributed by atoms with E-state index >= 15 is 0 Å². The smallest absolute Gasteiger partial charge is 0.224 e. The molecule has 0 aliphatic carbocycles. The van der Waals surface area contributed by atoms with Crippen molar-refractivity contribution < 1.29 is 9.53 Å². The Kier molecular flexibility index (Phi) is 5.01. The van der Waals surface area contributed by atoms with Gasteiger partial charge in [-0.1, -0.05) is 13.8 Å². The fraction of sp³-hybridized carbons (Fsp3) is 0.929. The predicted molar refractivity (Wildman–Crippen MR) is 71.4 cm³/mol. The summed E-state index contributed by atoms with van der Waals surface area (Å²) in [5.74, 6) is 1.08. The zero-order chi connectivity index (χ0) is 13.0. The van der Waals surface area contributed by atoms with Gasteiger partial charge in [0.25, 0.3) is 0 Å². The monoisotopic (exact) mass is 254 g/mol. The summed E-state index contributed by atoms with van der Waals surface area (Å²) in [6.45, 7) is 9.59. The van der Waals surface area contributed by atoms with E-state index in [1.54, 1.807) is 0 Å². The van der Waals surface area contributed by atoms with Crippen molar-refractivity contribution in [2.24, 2.45) is 5.92 Å². The van der Waals surface area contributed by atoms with Gasteiger partial charge in [0.05, 0.1) is 13.2 Å². The van der Waals surface area contributed by atoms with E-state index in [9.17, 15) is 4.79 Å². The molecule has 4 heteroatoms. The Hall–Kier alpha value is -0.610. The molecule has 2 atom stereocenters. The van der Waals surface area contributed by atoms with Crippen LogP contribution < -0.4 is 0 Å².